The van der Waals surface area contributed by atoms with Gasteiger partial charge in [-0.2, -0.15) is 0 Å². The van der Waals surface area contributed by atoms with E-state index in [0.717, 1.165) is 36.2 Å². The number of hydrogen-bond acceptors (Lipinski definition) is 3. The molecule has 2 aromatic rings. The number of ether oxygens (including phenoxy) is 1. The van der Waals surface area contributed by atoms with Crippen molar-refractivity contribution in [2.75, 3.05) is 13.2 Å². The normalized spacial score (nSPS) is 12.3. The predicted molar refractivity (Wildman–Crippen MR) is 94.4 cm³/mol. The number of halogens is 1. The van der Waals surface area contributed by atoms with Gasteiger partial charge in [0.15, 0.2) is 0 Å². The number of benzene rings is 1. The summed E-state index contributed by atoms with van der Waals surface area (Å²) in [5.74, 6) is 0.980. The van der Waals surface area contributed by atoms with Crippen LogP contribution in [0.2, 0.25) is 0 Å². The van der Waals surface area contributed by atoms with Gasteiger partial charge in [0.25, 0.3) is 0 Å². The number of thiophene rings is 1. The Morgan fingerprint density at radius 3 is 2.67 bits per heavy atom. The molecule has 114 valence electrons. The Morgan fingerprint density at radius 2 is 2.00 bits per heavy atom. The number of nitrogens with one attached hydrogen (secondary N) is 1. The summed E-state index contributed by atoms with van der Waals surface area (Å²) < 4.78 is 7.09. The first-order chi connectivity index (χ1) is 10.3. The molecule has 1 unspecified atom stereocenters. The molecule has 0 spiro atoms. The quantitative estimate of drug-likeness (QED) is 0.675. The monoisotopic (exact) mass is 367 g/mol. The third kappa shape index (κ3) is 4.31. The number of hydrogen-bond donors (Lipinski definition) is 1. The Bertz CT molecular complexity index is 555. The van der Waals surface area contributed by atoms with E-state index in [1.54, 1.807) is 11.3 Å². The molecule has 0 aliphatic heterocycles. The first-order valence-electron chi connectivity index (χ1n) is 7.45. The Balaban J connectivity index is 2.34. The van der Waals surface area contributed by atoms with Crippen LogP contribution in [0.3, 0.4) is 0 Å². The minimum absolute atomic E-state index is 0.174. The highest BCUT2D eigenvalue weighted by Crippen LogP contribution is 2.37. The molecule has 0 aliphatic rings. The summed E-state index contributed by atoms with van der Waals surface area (Å²) in [4.78, 5) is 1.30. The van der Waals surface area contributed by atoms with E-state index in [4.69, 9.17) is 4.74 Å². The van der Waals surface area contributed by atoms with E-state index in [1.165, 1.54) is 10.4 Å². The van der Waals surface area contributed by atoms with Crippen LogP contribution >= 0.6 is 27.3 Å². The Hall–Kier alpha value is -0.840. The molecule has 1 aromatic heterocycles. The number of para-hydroxylation sites is 1. The van der Waals surface area contributed by atoms with Crippen LogP contribution in [0, 0.1) is 0 Å². The largest absolute Gasteiger partial charge is 0.493 e. The van der Waals surface area contributed by atoms with Crippen molar-refractivity contribution in [3.8, 4) is 5.75 Å². The molecule has 0 saturated carbocycles. The SMILES string of the molecule is CCCNC(c1ccccc1OCCC)c1sccc1Br. The fraction of sp³-hybridized carbons (Fsp3) is 0.412. The summed E-state index contributed by atoms with van der Waals surface area (Å²) >= 11 is 5.43. The van der Waals surface area contributed by atoms with E-state index in [0.29, 0.717) is 0 Å². The van der Waals surface area contributed by atoms with Crippen LogP contribution in [-0.2, 0) is 0 Å². The van der Waals surface area contributed by atoms with Gasteiger partial charge in [0.05, 0.1) is 12.6 Å². The third-order valence-corrected chi connectivity index (χ3v) is 5.13. The first-order valence-corrected chi connectivity index (χ1v) is 9.13. The molecular weight excluding hydrogens is 346 g/mol. The van der Waals surface area contributed by atoms with Gasteiger partial charge in [-0.05, 0) is 52.8 Å². The molecule has 1 atom stereocenters. The van der Waals surface area contributed by atoms with Gasteiger partial charge in [-0.15, -0.1) is 11.3 Å². The van der Waals surface area contributed by atoms with Gasteiger partial charge >= 0.3 is 0 Å². The van der Waals surface area contributed by atoms with Crippen molar-refractivity contribution >= 4 is 27.3 Å². The second kappa shape index (κ2) is 8.57. The fourth-order valence-corrected chi connectivity index (χ4v) is 3.90. The minimum atomic E-state index is 0.174. The van der Waals surface area contributed by atoms with Crippen molar-refractivity contribution in [1.29, 1.82) is 0 Å². The Labute approximate surface area is 139 Å². The van der Waals surface area contributed by atoms with Crippen molar-refractivity contribution in [3.63, 3.8) is 0 Å². The average molecular weight is 368 g/mol. The minimum Gasteiger partial charge on any atom is -0.493 e. The molecule has 2 nitrogen and oxygen atoms in total. The van der Waals surface area contributed by atoms with Gasteiger partial charge < -0.3 is 10.1 Å². The lowest BCUT2D eigenvalue weighted by Gasteiger charge is -2.21. The van der Waals surface area contributed by atoms with Crippen LogP contribution in [0.1, 0.15) is 43.2 Å². The van der Waals surface area contributed by atoms with Gasteiger partial charge in [-0.1, -0.05) is 32.0 Å². The van der Waals surface area contributed by atoms with E-state index in [2.05, 4.69) is 64.7 Å². The molecule has 1 N–H and O–H groups in total. The lowest BCUT2D eigenvalue weighted by atomic mass is 10.0. The molecule has 0 bridgehead atoms. The molecule has 0 fully saturated rings. The van der Waals surface area contributed by atoms with Gasteiger partial charge in [0, 0.05) is 14.9 Å². The van der Waals surface area contributed by atoms with E-state index in [9.17, 15) is 0 Å². The van der Waals surface area contributed by atoms with Gasteiger partial charge in [-0.3, -0.25) is 0 Å². The van der Waals surface area contributed by atoms with E-state index < -0.39 is 0 Å². The van der Waals surface area contributed by atoms with Crippen LogP contribution in [0.4, 0.5) is 0 Å². The first kappa shape index (κ1) is 16.5. The maximum absolute atomic E-state index is 5.93. The maximum atomic E-state index is 5.93. The Kier molecular flexibility index (Phi) is 6.74. The van der Waals surface area contributed by atoms with Crippen molar-refractivity contribution in [2.24, 2.45) is 0 Å². The molecule has 1 heterocycles. The molecule has 0 saturated heterocycles. The smallest absolute Gasteiger partial charge is 0.124 e. The summed E-state index contributed by atoms with van der Waals surface area (Å²) in [7, 11) is 0. The van der Waals surface area contributed by atoms with Crippen LogP contribution in [0.5, 0.6) is 5.75 Å². The second-order valence-electron chi connectivity index (χ2n) is 4.91. The topological polar surface area (TPSA) is 21.3 Å². The van der Waals surface area contributed by atoms with Gasteiger partial charge in [0.2, 0.25) is 0 Å². The Morgan fingerprint density at radius 1 is 1.19 bits per heavy atom. The molecule has 0 radical (unpaired) electrons. The van der Waals surface area contributed by atoms with Crippen molar-refractivity contribution < 1.29 is 4.74 Å². The van der Waals surface area contributed by atoms with Crippen LogP contribution in [-0.4, -0.2) is 13.2 Å². The highest BCUT2D eigenvalue weighted by Gasteiger charge is 2.20. The van der Waals surface area contributed by atoms with E-state index in [1.807, 2.05) is 6.07 Å². The molecule has 4 heteroatoms. The molecule has 0 amide bonds. The third-order valence-electron chi connectivity index (χ3n) is 3.20. The molecule has 2 rings (SSSR count). The van der Waals surface area contributed by atoms with Gasteiger partial charge in [0.1, 0.15) is 5.75 Å². The zero-order valence-electron chi connectivity index (χ0n) is 12.6. The summed E-state index contributed by atoms with van der Waals surface area (Å²) in [6.07, 6.45) is 2.13. The summed E-state index contributed by atoms with van der Waals surface area (Å²) in [5, 5.41) is 5.77. The van der Waals surface area contributed by atoms with Gasteiger partial charge in [-0.25, -0.2) is 0 Å². The highest BCUT2D eigenvalue weighted by molar-refractivity contribution is 9.10. The highest BCUT2D eigenvalue weighted by atomic mass is 79.9. The van der Waals surface area contributed by atoms with Crippen LogP contribution in [0.15, 0.2) is 40.2 Å². The summed E-state index contributed by atoms with van der Waals surface area (Å²) in [5.41, 5.74) is 1.21. The van der Waals surface area contributed by atoms with Crippen LogP contribution in [0.25, 0.3) is 0 Å². The lowest BCUT2D eigenvalue weighted by Crippen LogP contribution is -2.23. The maximum Gasteiger partial charge on any atom is 0.124 e. The molecule has 0 aliphatic carbocycles. The zero-order valence-corrected chi connectivity index (χ0v) is 15.0. The summed E-state index contributed by atoms with van der Waals surface area (Å²) in [6, 6.07) is 10.6. The fourth-order valence-electron chi connectivity index (χ4n) is 2.21. The zero-order chi connectivity index (χ0) is 15.1. The summed E-state index contributed by atoms with van der Waals surface area (Å²) in [6.45, 7) is 6.05. The molecule has 21 heavy (non-hydrogen) atoms. The predicted octanol–water partition coefficient (Wildman–Crippen LogP) is 5.39. The lowest BCUT2D eigenvalue weighted by molar-refractivity contribution is 0.312. The van der Waals surface area contributed by atoms with Crippen LogP contribution < -0.4 is 10.1 Å². The standard InChI is InChI=1S/C17H22BrNOS/c1-3-10-19-16(17-14(18)9-12-21-17)13-7-5-6-8-15(13)20-11-4-2/h5-9,12,16,19H,3-4,10-11H2,1-2H3. The molecular formula is C17H22BrNOS. The van der Waals surface area contributed by atoms with Crippen molar-refractivity contribution in [2.45, 2.75) is 32.7 Å². The number of rotatable bonds is 8. The van der Waals surface area contributed by atoms with Crippen molar-refractivity contribution in [1.82, 2.24) is 5.32 Å². The average Bonchev–Trinajstić information content (AvgIpc) is 2.93. The van der Waals surface area contributed by atoms with E-state index >= 15 is 0 Å². The van der Waals surface area contributed by atoms with Crippen molar-refractivity contribution in [3.05, 3.63) is 50.6 Å². The van der Waals surface area contributed by atoms with E-state index in [-0.39, 0.29) is 6.04 Å². The second-order valence-corrected chi connectivity index (χ2v) is 6.71. The molecule has 1 aromatic carbocycles.